The molecular weight excluding hydrogens is 447 g/mol. The van der Waals surface area contributed by atoms with E-state index in [0.29, 0.717) is 0 Å². The number of fused-ring (bicyclic) bond motifs is 2. The van der Waals surface area contributed by atoms with Crippen molar-refractivity contribution in [3.8, 4) is 11.1 Å². The fraction of sp³-hybridized carbons (Fsp3) is 0. The third kappa shape index (κ3) is 2.25. The van der Waals surface area contributed by atoms with Crippen LogP contribution in [0.3, 0.4) is 0 Å². The minimum Gasteiger partial charge on any atom is -0.0616 e. The molecule has 0 bridgehead atoms. The van der Waals surface area contributed by atoms with Crippen LogP contribution >= 0.6 is 38.5 Å². The van der Waals surface area contributed by atoms with Crippen molar-refractivity contribution >= 4 is 60.1 Å². The van der Waals surface area contributed by atoms with Gasteiger partial charge in [-0.3, -0.25) is 0 Å². The van der Waals surface area contributed by atoms with E-state index >= 15 is 0 Å². The normalized spacial score (nSPS) is 11.2. The lowest BCUT2D eigenvalue weighted by atomic mass is 9.94. The zero-order valence-corrected chi connectivity index (χ0v) is 15.4. The van der Waals surface area contributed by atoms with Crippen molar-refractivity contribution in [3.63, 3.8) is 0 Å². The molecule has 106 valence electrons. The van der Waals surface area contributed by atoms with Gasteiger partial charge in [-0.2, -0.15) is 0 Å². The van der Waals surface area contributed by atoms with Crippen LogP contribution in [0.2, 0.25) is 0 Å². The van der Waals surface area contributed by atoms with Gasteiger partial charge in [0.25, 0.3) is 0 Å². The van der Waals surface area contributed by atoms with Crippen molar-refractivity contribution in [2.45, 2.75) is 0 Å². The highest BCUT2D eigenvalue weighted by Gasteiger charge is 2.14. The van der Waals surface area contributed by atoms with Gasteiger partial charge in [0.05, 0.1) is 0 Å². The molecule has 0 amide bonds. The standard InChI is InChI=1S/C20H12BrI/c21-17-11-9-13-5-1-3-7-15(13)19(17)20-16-8-4-2-6-14(16)10-12-18(20)22/h1-12H. The van der Waals surface area contributed by atoms with Crippen molar-refractivity contribution in [1.82, 2.24) is 0 Å². The summed E-state index contributed by atoms with van der Waals surface area (Å²) in [4.78, 5) is 0. The van der Waals surface area contributed by atoms with Crippen LogP contribution in [0, 0.1) is 3.57 Å². The SMILES string of the molecule is Brc1ccc2ccccc2c1-c1c(I)ccc2ccccc12. The summed E-state index contributed by atoms with van der Waals surface area (Å²) in [5.41, 5.74) is 2.58. The summed E-state index contributed by atoms with van der Waals surface area (Å²) in [6, 6.07) is 25.9. The highest BCUT2D eigenvalue weighted by molar-refractivity contribution is 14.1. The van der Waals surface area contributed by atoms with Crippen molar-refractivity contribution in [1.29, 1.82) is 0 Å². The Morgan fingerprint density at radius 1 is 0.591 bits per heavy atom. The van der Waals surface area contributed by atoms with E-state index in [4.69, 9.17) is 0 Å². The van der Waals surface area contributed by atoms with Crippen LogP contribution in [0.4, 0.5) is 0 Å². The molecule has 0 saturated carbocycles. The van der Waals surface area contributed by atoms with Gasteiger partial charge in [-0.1, -0.05) is 76.6 Å². The number of halogens is 2. The number of hydrogen-bond donors (Lipinski definition) is 0. The first-order chi connectivity index (χ1) is 10.8. The summed E-state index contributed by atoms with van der Waals surface area (Å²) in [5.74, 6) is 0. The molecular formula is C20H12BrI. The Hall–Kier alpha value is -1.39. The predicted octanol–water partition coefficient (Wildman–Crippen LogP) is 7.03. The smallest absolute Gasteiger partial charge is 0.0260 e. The first-order valence-corrected chi connectivity index (χ1v) is 8.98. The van der Waals surface area contributed by atoms with Crippen LogP contribution in [0.1, 0.15) is 0 Å². The molecule has 0 unspecified atom stereocenters. The molecule has 0 aliphatic carbocycles. The van der Waals surface area contributed by atoms with Gasteiger partial charge in [0.2, 0.25) is 0 Å². The molecule has 0 aliphatic heterocycles. The van der Waals surface area contributed by atoms with Gasteiger partial charge in [-0.25, -0.2) is 0 Å². The molecule has 0 heterocycles. The van der Waals surface area contributed by atoms with Gasteiger partial charge in [-0.05, 0) is 56.3 Å². The first-order valence-electron chi connectivity index (χ1n) is 7.10. The molecule has 22 heavy (non-hydrogen) atoms. The summed E-state index contributed by atoms with van der Waals surface area (Å²) in [6.07, 6.45) is 0. The molecule has 0 nitrogen and oxygen atoms in total. The molecule has 0 aliphatic rings. The van der Waals surface area contributed by atoms with E-state index in [0.717, 1.165) is 4.47 Å². The third-order valence-corrected chi connectivity index (χ3v) is 5.57. The summed E-state index contributed by atoms with van der Waals surface area (Å²) in [6.45, 7) is 0. The second-order valence-corrected chi connectivity index (χ2v) is 7.30. The van der Waals surface area contributed by atoms with Crippen molar-refractivity contribution in [2.75, 3.05) is 0 Å². The lowest BCUT2D eigenvalue weighted by Gasteiger charge is -2.14. The second-order valence-electron chi connectivity index (χ2n) is 5.29. The monoisotopic (exact) mass is 458 g/mol. The van der Waals surface area contributed by atoms with E-state index in [2.05, 4.69) is 111 Å². The molecule has 4 rings (SSSR count). The first kappa shape index (κ1) is 14.2. The van der Waals surface area contributed by atoms with Crippen molar-refractivity contribution < 1.29 is 0 Å². The Balaban J connectivity index is 2.21. The van der Waals surface area contributed by atoms with Gasteiger partial charge in [-0.15, -0.1) is 0 Å². The maximum absolute atomic E-state index is 3.77. The number of rotatable bonds is 1. The van der Waals surface area contributed by atoms with Gasteiger partial charge in [0.15, 0.2) is 0 Å². The van der Waals surface area contributed by atoms with Crippen LogP contribution in [-0.4, -0.2) is 0 Å². The fourth-order valence-corrected chi connectivity index (χ4v) is 4.28. The lowest BCUT2D eigenvalue weighted by Crippen LogP contribution is -1.89. The maximum atomic E-state index is 3.77. The summed E-state index contributed by atoms with van der Waals surface area (Å²) in [7, 11) is 0. The maximum Gasteiger partial charge on any atom is 0.0260 e. The molecule has 0 spiro atoms. The topological polar surface area (TPSA) is 0 Å². The van der Waals surface area contributed by atoms with E-state index in [-0.39, 0.29) is 0 Å². The summed E-state index contributed by atoms with van der Waals surface area (Å²) < 4.78 is 2.41. The minimum absolute atomic E-state index is 1.14. The Morgan fingerprint density at radius 2 is 1.14 bits per heavy atom. The van der Waals surface area contributed by atoms with Gasteiger partial charge in [0, 0.05) is 19.2 Å². The van der Waals surface area contributed by atoms with Crippen molar-refractivity contribution in [3.05, 3.63) is 80.8 Å². The Bertz CT molecular complexity index is 922. The van der Waals surface area contributed by atoms with Gasteiger partial charge < -0.3 is 0 Å². The molecule has 4 aromatic rings. The van der Waals surface area contributed by atoms with Crippen LogP contribution in [-0.2, 0) is 0 Å². The fourth-order valence-electron chi connectivity index (χ4n) is 3.00. The Morgan fingerprint density at radius 3 is 1.82 bits per heavy atom. The number of benzene rings is 4. The largest absolute Gasteiger partial charge is 0.0616 e. The molecule has 0 fully saturated rings. The highest BCUT2D eigenvalue weighted by Crippen LogP contribution is 2.41. The molecule has 2 heteroatoms. The van der Waals surface area contributed by atoms with Crippen LogP contribution < -0.4 is 0 Å². The predicted molar refractivity (Wildman–Crippen MR) is 107 cm³/mol. The van der Waals surface area contributed by atoms with E-state index in [9.17, 15) is 0 Å². The molecule has 0 radical (unpaired) electrons. The molecule has 0 aromatic heterocycles. The second kappa shape index (κ2) is 5.67. The molecule has 0 N–H and O–H groups in total. The molecule has 0 atom stereocenters. The molecule has 0 saturated heterocycles. The van der Waals surface area contributed by atoms with Crippen LogP contribution in [0.25, 0.3) is 32.7 Å². The lowest BCUT2D eigenvalue weighted by molar-refractivity contribution is 1.62. The third-order valence-electron chi connectivity index (χ3n) is 4.01. The van der Waals surface area contributed by atoms with Crippen LogP contribution in [0.15, 0.2) is 77.3 Å². The van der Waals surface area contributed by atoms with E-state index in [1.807, 2.05) is 0 Å². The minimum atomic E-state index is 1.14. The summed E-state index contributed by atoms with van der Waals surface area (Å²) >= 11 is 6.21. The van der Waals surface area contributed by atoms with Crippen LogP contribution in [0.5, 0.6) is 0 Å². The zero-order valence-electron chi connectivity index (χ0n) is 11.7. The van der Waals surface area contributed by atoms with Crippen molar-refractivity contribution in [2.24, 2.45) is 0 Å². The number of hydrogen-bond acceptors (Lipinski definition) is 0. The van der Waals surface area contributed by atoms with E-state index in [1.54, 1.807) is 0 Å². The quantitative estimate of drug-likeness (QED) is 0.268. The summed E-state index contributed by atoms with van der Waals surface area (Å²) in [5, 5.41) is 5.12. The van der Waals surface area contributed by atoms with Gasteiger partial charge in [0.1, 0.15) is 0 Å². The molecule has 4 aromatic carbocycles. The Labute approximate surface area is 151 Å². The Kier molecular flexibility index (Phi) is 3.66. The van der Waals surface area contributed by atoms with E-state index in [1.165, 1.54) is 36.2 Å². The van der Waals surface area contributed by atoms with Gasteiger partial charge >= 0.3 is 0 Å². The van der Waals surface area contributed by atoms with E-state index < -0.39 is 0 Å². The average molecular weight is 459 g/mol. The zero-order chi connectivity index (χ0) is 15.1. The highest BCUT2D eigenvalue weighted by atomic mass is 127. The average Bonchev–Trinajstić information content (AvgIpc) is 2.56.